The molecule has 5 amide bonds. The summed E-state index contributed by atoms with van der Waals surface area (Å²) in [4.78, 5) is 69.7. The van der Waals surface area contributed by atoms with Crippen LogP contribution in [-0.4, -0.2) is 82.9 Å². The lowest BCUT2D eigenvalue weighted by Crippen LogP contribution is -2.54. The van der Waals surface area contributed by atoms with Gasteiger partial charge in [-0.2, -0.15) is 0 Å². The Morgan fingerprint density at radius 2 is 1.52 bits per heavy atom. The van der Waals surface area contributed by atoms with Gasteiger partial charge >= 0.3 is 0 Å². The number of guanidine groups is 1. The van der Waals surface area contributed by atoms with Crippen molar-refractivity contribution < 1.29 is 33.5 Å². The molecule has 0 bridgehead atoms. The van der Waals surface area contributed by atoms with Crippen molar-refractivity contribution in [3.63, 3.8) is 0 Å². The fourth-order valence-corrected chi connectivity index (χ4v) is 6.26. The van der Waals surface area contributed by atoms with Crippen molar-refractivity contribution in [3.05, 3.63) is 119 Å². The fourth-order valence-electron chi connectivity index (χ4n) is 6.26. The van der Waals surface area contributed by atoms with E-state index in [-0.39, 0.29) is 61.8 Å². The maximum atomic E-state index is 13.8. The maximum Gasteiger partial charge on any atom is 0.251 e. The number of halogens is 1. The number of carbonyl (C=O) groups excluding carboxylic acids is 5. The predicted octanol–water partition coefficient (Wildman–Crippen LogP) is 2.06. The third-order valence-corrected chi connectivity index (χ3v) is 9.18. The Bertz CT molecular complexity index is 2070. The second-order valence-electron chi connectivity index (χ2n) is 14.4. The Morgan fingerprint density at radius 3 is 2.19 bits per heavy atom. The van der Waals surface area contributed by atoms with Crippen molar-refractivity contribution in [1.82, 2.24) is 31.6 Å². The molecule has 0 aliphatic carbocycles. The van der Waals surface area contributed by atoms with Gasteiger partial charge < -0.3 is 48.1 Å². The average Bonchev–Trinajstić information content (AvgIpc) is 3.60. The molecule has 0 unspecified atom stereocenters. The third-order valence-electron chi connectivity index (χ3n) is 9.18. The first kappa shape index (κ1) is 44.2. The summed E-state index contributed by atoms with van der Waals surface area (Å²) in [6.45, 7) is 3.65. The van der Waals surface area contributed by atoms with E-state index < -0.39 is 59.6 Å². The molecule has 0 aliphatic heterocycles. The van der Waals surface area contributed by atoms with Gasteiger partial charge in [0.2, 0.25) is 23.6 Å². The molecule has 15 nitrogen and oxygen atoms in total. The summed E-state index contributed by atoms with van der Waals surface area (Å²) >= 11 is 0. The average molecular weight is 798 g/mol. The zero-order valence-electron chi connectivity index (χ0n) is 32.5. The van der Waals surface area contributed by atoms with Crippen molar-refractivity contribution >= 4 is 46.4 Å². The number of aliphatic hydroxyl groups is 1. The van der Waals surface area contributed by atoms with Crippen molar-refractivity contribution in [3.8, 4) is 0 Å². The van der Waals surface area contributed by atoms with E-state index >= 15 is 0 Å². The smallest absolute Gasteiger partial charge is 0.251 e. The van der Waals surface area contributed by atoms with Crippen LogP contribution in [0.2, 0.25) is 0 Å². The lowest BCUT2D eigenvalue weighted by molar-refractivity contribution is -0.130. The largest absolute Gasteiger partial charge is 0.387 e. The SMILES string of the molecule is CC(C)C/C(=C\[C@H](O)CNC(=O)[C@H](Cc1ccccc1)NC(=O)c1ccc(F)cc1)C(=O)N[C@@H](CCCNC(=N)N)C(=O)N[C@@H](Cc1c[nH]c2ccccc12)C(N)=O. The Morgan fingerprint density at radius 1 is 0.828 bits per heavy atom. The number of fused-ring (bicyclic) bond motifs is 1. The summed E-state index contributed by atoms with van der Waals surface area (Å²) in [5.41, 5.74) is 13.8. The summed E-state index contributed by atoms with van der Waals surface area (Å²) in [6.07, 6.45) is 2.50. The third kappa shape index (κ3) is 13.9. The van der Waals surface area contributed by atoms with Crippen molar-refractivity contribution in [2.24, 2.45) is 17.4 Å². The van der Waals surface area contributed by atoms with Crippen LogP contribution in [0.5, 0.6) is 0 Å². The molecule has 0 radical (unpaired) electrons. The Balaban J connectivity index is 1.47. The molecular weight excluding hydrogens is 746 g/mol. The van der Waals surface area contributed by atoms with Crippen LogP contribution in [0.1, 0.15) is 54.6 Å². The summed E-state index contributed by atoms with van der Waals surface area (Å²) in [7, 11) is 0. The normalized spacial score (nSPS) is 13.5. The van der Waals surface area contributed by atoms with Crippen LogP contribution >= 0.6 is 0 Å². The monoisotopic (exact) mass is 797 g/mol. The van der Waals surface area contributed by atoms with Gasteiger partial charge in [-0.3, -0.25) is 29.4 Å². The molecule has 0 saturated heterocycles. The number of carbonyl (C=O) groups is 5. The van der Waals surface area contributed by atoms with Gasteiger partial charge in [-0.1, -0.05) is 62.4 Å². The van der Waals surface area contributed by atoms with Crippen LogP contribution in [0, 0.1) is 17.1 Å². The summed E-state index contributed by atoms with van der Waals surface area (Å²) < 4.78 is 13.5. The van der Waals surface area contributed by atoms with E-state index in [1.807, 2.05) is 44.2 Å². The summed E-state index contributed by atoms with van der Waals surface area (Å²) in [6, 6.07) is 18.0. The van der Waals surface area contributed by atoms with Gasteiger partial charge in [0.05, 0.1) is 6.10 Å². The number of primary amides is 1. The van der Waals surface area contributed by atoms with Crippen LogP contribution in [0.25, 0.3) is 10.9 Å². The first-order valence-electron chi connectivity index (χ1n) is 19.0. The summed E-state index contributed by atoms with van der Waals surface area (Å²) in [5.74, 6) is -4.12. The number of aliphatic hydroxyl groups excluding tert-OH is 1. The van der Waals surface area contributed by atoms with E-state index in [1.165, 1.54) is 18.2 Å². The molecule has 1 aromatic heterocycles. The van der Waals surface area contributed by atoms with Crippen LogP contribution in [-0.2, 0) is 32.0 Å². The number of H-pyrrole nitrogens is 1. The van der Waals surface area contributed by atoms with E-state index in [4.69, 9.17) is 16.9 Å². The van der Waals surface area contributed by atoms with Crippen molar-refractivity contribution in [2.75, 3.05) is 13.1 Å². The molecule has 4 rings (SSSR count). The summed E-state index contributed by atoms with van der Waals surface area (Å²) in [5, 5.41) is 32.8. The zero-order valence-corrected chi connectivity index (χ0v) is 32.5. The molecule has 4 atom stereocenters. The van der Waals surface area contributed by atoms with Crippen LogP contribution < -0.4 is 38.1 Å². The molecular formula is C42H52FN9O6. The van der Waals surface area contributed by atoms with E-state index in [0.717, 1.165) is 34.2 Å². The highest BCUT2D eigenvalue weighted by Gasteiger charge is 2.28. The molecule has 16 heteroatoms. The van der Waals surface area contributed by atoms with Crippen LogP contribution in [0.4, 0.5) is 4.39 Å². The number of nitrogens with two attached hydrogens (primary N) is 2. The lowest BCUT2D eigenvalue weighted by atomic mass is 9.99. The molecule has 0 aliphatic rings. The highest BCUT2D eigenvalue weighted by molar-refractivity contribution is 5.99. The van der Waals surface area contributed by atoms with Crippen LogP contribution in [0.3, 0.4) is 0 Å². The minimum absolute atomic E-state index is 0.0572. The van der Waals surface area contributed by atoms with Gasteiger partial charge in [0.25, 0.3) is 5.91 Å². The Hall–Kier alpha value is -6.55. The number of para-hydroxylation sites is 1. The molecule has 58 heavy (non-hydrogen) atoms. The molecule has 4 aromatic rings. The Kier molecular flexibility index (Phi) is 16.5. The molecule has 0 fully saturated rings. The van der Waals surface area contributed by atoms with Crippen molar-refractivity contribution in [1.29, 1.82) is 5.41 Å². The van der Waals surface area contributed by atoms with Gasteiger partial charge in [-0.05, 0) is 72.7 Å². The molecule has 0 saturated carbocycles. The minimum Gasteiger partial charge on any atom is -0.387 e. The van der Waals surface area contributed by atoms with E-state index in [9.17, 15) is 33.5 Å². The molecule has 3 aromatic carbocycles. The molecule has 12 N–H and O–H groups in total. The second kappa shape index (κ2) is 21.7. The number of hydrogen-bond donors (Lipinski definition) is 10. The number of benzene rings is 3. The number of hydrogen-bond acceptors (Lipinski definition) is 7. The lowest BCUT2D eigenvalue weighted by Gasteiger charge is -2.23. The fraction of sp³-hybridized carbons (Fsp3) is 0.333. The second-order valence-corrected chi connectivity index (χ2v) is 14.4. The zero-order chi connectivity index (χ0) is 42.2. The molecule has 0 spiro atoms. The van der Waals surface area contributed by atoms with Gasteiger partial charge in [0, 0.05) is 54.2 Å². The quantitative estimate of drug-likeness (QED) is 0.0258. The number of nitrogens with one attached hydrogen (secondary N) is 7. The van der Waals surface area contributed by atoms with E-state index in [0.29, 0.717) is 6.42 Å². The highest BCUT2D eigenvalue weighted by Crippen LogP contribution is 2.20. The highest BCUT2D eigenvalue weighted by atomic mass is 19.1. The number of amides is 5. The number of aromatic nitrogens is 1. The van der Waals surface area contributed by atoms with Crippen molar-refractivity contribution in [2.45, 2.75) is 70.2 Å². The van der Waals surface area contributed by atoms with E-state index in [1.54, 1.807) is 30.5 Å². The minimum atomic E-state index is -1.35. The maximum absolute atomic E-state index is 13.8. The van der Waals surface area contributed by atoms with Gasteiger partial charge in [0.15, 0.2) is 5.96 Å². The van der Waals surface area contributed by atoms with E-state index in [2.05, 4.69) is 31.6 Å². The number of aromatic amines is 1. The van der Waals surface area contributed by atoms with Gasteiger partial charge in [-0.15, -0.1) is 0 Å². The predicted molar refractivity (Wildman–Crippen MR) is 219 cm³/mol. The topological polar surface area (TPSA) is 257 Å². The van der Waals surface area contributed by atoms with Gasteiger partial charge in [0.1, 0.15) is 23.9 Å². The number of rotatable bonds is 21. The molecule has 308 valence electrons. The first-order valence-corrected chi connectivity index (χ1v) is 19.0. The first-order chi connectivity index (χ1) is 27.7. The Labute approximate surface area is 336 Å². The standard InChI is InChI=1S/C42H52FN9O6/c1-25(2)19-28(21-31(53)24-49-40(57)36(20-26-9-4-3-5-10-26)52-38(55)27-14-16-30(43)17-15-27)39(56)50-34(13-8-18-47-42(45)46)41(58)51-35(37(44)54)22-29-23-48-33-12-7-6-11-32(29)33/h3-7,9-12,14-17,21,23,25,31,34-36,48,53H,8,13,18-20,22,24H2,1-2H3,(H2,44,54)(H,49,57)(H,50,56)(H,51,58)(H,52,55)(H4,45,46,47)/b28-21+/t31-,34-,35-,36-/m0/s1. The van der Waals surface area contributed by atoms with Gasteiger partial charge in [-0.25, -0.2) is 4.39 Å². The van der Waals surface area contributed by atoms with Crippen LogP contribution in [0.15, 0.2) is 96.7 Å². The molecule has 1 heterocycles.